The van der Waals surface area contributed by atoms with Crippen LogP contribution in [0.3, 0.4) is 0 Å². The van der Waals surface area contributed by atoms with Crippen LogP contribution in [0.25, 0.3) is 0 Å². The van der Waals surface area contributed by atoms with Gasteiger partial charge in [0, 0.05) is 12.8 Å². The minimum atomic E-state index is -4.70. The van der Waals surface area contributed by atoms with Crippen molar-refractivity contribution >= 4 is 19.7 Å². The molecule has 1 N–H and O–H groups in total. The van der Waals surface area contributed by atoms with E-state index in [-0.39, 0.29) is 31.5 Å². The van der Waals surface area contributed by atoms with Gasteiger partial charge in [0.1, 0.15) is 19.3 Å². The molecule has 464 valence electrons. The summed E-state index contributed by atoms with van der Waals surface area (Å²) < 4.78 is 30.4. The number of nitrogens with one attached hydrogen (secondary N) is 1. The van der Waals surface area contributed by atoms with Gasteiger partial charge in [0.15, 0.2) is 0 Å². The lowest BCUT2D eigenvalue weighted by Crippen LogP contribution is -2.47. The van der Waals surface area contributed by atoms with Gasteiger partial charge in [-0.15, -0.1) is 0 Å². The molecule has 0 heterocycles. The van der Waals surface area contributed by atoms with Crippen molar-refractivity contribution in [3.63, 3.8) is 0 Å². The third kappa shape index (κ3) is 60.4. The van der Waals surface area contributed by atoms with E-state index in [9.17, 15) is 19.0 Å². The molecule has 0 aromatic rings. The maximum absolute atomic E-state index is 13.6. The Hall–Kier alpha value is -2.03. The summed E-state index contributed by atoms with van der Waals surface area (Å²) in [6.07, 6.45) is 73.8. The Balaban J connectivity index is 5.00. The van der Waals surface area contributed by atoms with E-state index in [1.165, 1.54) is 218 Å². The van der Waals surface area contributed by atoms with Crippen LogP contribution in [0.15, 0.2) is 48.6 Å². The number of phosphoric acid groups is 1. The number of nitrogens with zero attached hydrogens (tertiary/aromatic N) is 1. The highest BCUT2D eigenvalue weighted by Gasteiger charge is 2.27. The molecule has 0 spiro atoms. The predicted octanol–water partition coefficient (Wildman–Crippen LogP) is 20.6. The van der Waals surface area contributed by atoms with Crippen molar-refractivity contribution in [3.8, 4) is 0 Å². The maximum atomic E-state index is 13.6. The Morgan fingerprint density at radius 1 is 0.443 bits per heavy atom. The average molecular weight is 1130 g/mol. The highest BCUT2D eigenvalue weighted by atomic mass is 31.2. The van der Waals surface area contributed by atoms with Crippen LogP contribution >= 0.6 is 7.82 Å². The van der Waals surface area contributed by atoms with E-state index in [1.54, 1.807) is 0 Å². The number of amides is 1. The normalized spacial score (nSPS) is 13.9. The SMILES string of the molecule is CCCCC/C=C\C/C=C\CCCCCCCCCCCCCCCCCCCC(=O)NC(COP(=O)([O-])OCC[N+](C)(C)C)C(/C=C\CCCCCCCCCCCC)OC(=O)CCCCC/C=C\CCCCCCCCC. The quantitative estimate of drug-likeness (QED) is 0.0212. The third-order valence-corrected chi connectivity index (χ3v) is 16.2. The summed E-state index contributed by atoms with van der Waals surface area (Å²) in [6.45, 7) is 6.84. The van der Waals surface area contributed by atoms with Gasteiger partial charge in [0.2, 0.25) is 5.91 Å². The number of carbonyl (C=O) groups is 2. The predicted molar refractivity (Wildman–Crippen MR) is 339 cm³/mol. The van der Waals surface area contributed by atoms with Gasteiger partial charge in [0.05, 0.1) is 33.8 Å². The fourth-order valence-electron chi connectivity index (χ4n) is 9.96. The molecule has 0 fully saturated rings. The van der Waals surface area contributed by atoms with Crippen molar-refractivity contribution in [2.75, 3.05) is 40.9 Å². The number of hydrogen-bond donors (Lipinski definition) is 1. The minimum Gasteiger partial charge on any atom is -0.756 e. The number of unbranched alkanes of at least 4 members (excludes halogenated alkanes) is 40. The Morgan fingerprint density at radius 3 is 1.19 bits per heavy atom. The molecule has 0 aromatic heterocycles. The zero-order valence-corrected chi connectivity index (χ0v) is 54.0. The lowest BCUT2D eigenvalue weighted by atomic mass is 10.0. The molecule has 0 aromatic carbocycles. The fourth-order valence-corrected chi connectivity index (χ4v) is 10.7. The first-order valence-electron chi connectivity index (χ1n) is 33.9. The highest BCUT2D eigenvalue weighted by molar-refractivity contribution is 7.45. The molecular weight excluding hydrogens is 1000 g/mol. The third-order valence-electron chi connectivity index (χ3n) is 15.2. The second-order valence-electron chi connectivity index (χ2n) is 24.3. The number of likely N-dealkylation sites (N-methyl/N-ethyl adjacent to an activating group) is 1. The number of esters is 1. The molecule has 0 bridgehead atoms. The molecule has 0 rings (SSSR count). The van der Waals surface area contributed by atoms with Crippen LogP contribution in [0.4, 0.5) is 0 Å². The van der Waals surface area contributed by atoms with Crippen LogP contribution in [0.2, 0.25) is 0 Å². The summed E-state index contributed by atoms with van der Waals surface area (Å²) in [5, 5.41) is 3.04. The second-order valence-corrected chi connectivity index (χ2v) is 25.7. The summed E-state index contributed by atoms with van der Waals surface area (Å²) in [5.74, 6) is -0.547. The van der Waals surface area contributed by atoms with Crippen molar-refractivity contribution in [3.05, 3.63) is 48.6 Å². The number of hydrogen-bond acceptors (Lipinski definition) is 7. The molecule has 0 aliphatic rings. The first-order valence-corrected chi connectivity index (χ1v) is 35.4. The number of carbonyl (C=O) groups excluding carboxylic acids is 2. The van der Waals surface area contributed by atoms with Crippen LogP contribution in [0, 0.1) is 0 Å². The van der Waals surface area contributed by atoms with Crippen LogP contribution in [-0.2, 0) is 27.9 Å². The molecule has 0 radical (unpaired) electrons. The number of ether oxygens (including phenoxy) is 1. The monoisotopic (exact) mass is 1130 g/mol. The molecule has 0 saturated carbocycles. The van der Waals surface area contributed by atoms with Crippen LogP contribution in [-0.4, -0.2) is 69.4 Å². The molecule has 3 unspecified atom stereocenters. The number of phosphoric ester groups is 1. The molecule has 0 aliphatic carbocycles. The molecule has 0 aliphatic heterocycles. The maximum Gasteiger partial charge on any atom is 0.306 e. The van der Waals surface area contributed by atoms with Crippen LogP contribution in [0.1, 0.15) is 329 Å². The van der Waals surface area contributed by atoms with Gasteiger partial charge in [-0.1, -0.05) is 275 Å². The van der Waals surface area contributed by atoms with Crippen molar-refractivity contribution in [2.24, 2.45) is 0 Å². The van der Waals surface area contributed by atoms with Crippen molar-refractivity contribution in [1.82, 2.24) is 5.32 Å². The number of allylic oxidation sites excluding steroid dienone is 7. The standard InChI is InChI=1S/C69H131N2O7P/c1-7-10-13-16-19-22-25-28-30-31-32-33-34-35-36-37-38-39-40-41-42-43-46-49-52-55-58-61-68(72)70-66(65-77-79(74,75)76-64-63-71(4,5)6)67(60-57-54-51-48-45-27-24-21-18-15-12-9-3)78-69(73)62-59-56-53-50-47-44-29-26-23-20-17-14-11-8-2/h19,22,28,30,44,47,57,60,66-67H,7-18,20-21,23-27,29,31-43,45-46,48-56,58-59,61-65H2,1-6H3,(H-,70,72,74,75)/b22-19-,30-28-,47-44-,60-57-. The summed E-state index contributed by atoms with van der Waals surface area (Å²) >= 11 is 0. The van der Waals surface area contributed by atoms with E-state index in [4.69, 9.17) is 13.8 Å². The first kappa shape index (κ1) is 77.0. The van der Waals surface area contributed by atoms with Gasteiger partial charge in [-0.3, -0.25) is 14.2 Å². The largest absolute Gasteiger partial charge is 0.756 e. The first-order chi connectivity index (χ1) is 38.4. The van der Waals surface area contributed by atoms with Crippen LogP contribution in [0.5, 0.6) is 0 Å². The summed E-state index contributed by atoms with van der Waals surface area (Å²) in [4.78, 5) is 40.0. The van der Waals surface area contributed by atoms with Crippen LogP contribution < -0.4 is 10.2 Å². The Bertz CT molecular complexity index is 1490. The molecular formula is C69H131N2O7P. The van der Waals surface area contributed by atoms with Gasteiger partial charge in [-0.05, 0) is 89.5 Å². The zero-order valence-electron chi connectivity index (χ0n) is 53.1. The van der Waals surface area contributed by atoms with Gasteiger partial charge in [0.25, 0.3) is 7.82 Å². The van der Waals surface area contributed by atoms with Gasteiger partial charge in [-0.25, -0.2) is 0 Å². The number of rotatable bonds is 62. The van der Waals surface area contributed by atoms with E-state index in [0.29, 0.717) is 23.9 Å². The van der Waals surface area contributed by atoms with Gasteiger partial charge < -0.3 is 28.5 Å². The van der Waals surface area contributed by atoms with E-state index in [2.05, 4.69) is 62.5 Å². The highest BCUT2D eigenvalue weighted by Crippen LogP contribution is 2.38. The lowest BCUT2D eigenvalue weighted by molar-refractivity contribution is -0.870. The number of quaternary nitrogens is 1. The average Bonchev–Trinajstić information content (AvgIpc) is 3.41. The van der Waals surface area contributed by atoms with Gasteiger partial charge in [-0.2, -0.15) is 0 Å². The second kappa shape index (κ2) is 59.1. The Kier molecular flexibility index (Phi) is 57.6. The molecule has 10 heteroatoms. The van der Waals surface area contributed by atoms with Crippen molar-refractivity contribution in [2.45, 2.75) is 341 Å². The molecule has 3 atom stereocenters. The van der Waals surface area contributed by atoms with E-state index in [0.717, 1.165) is 70.6 Å². The lowest BCUT2D eigenvalue weighted by Gasteiger charge is -2.30. The van der Waals surface area contributed by atoms with E-state index >= 15 is 0 Å². The molecule has 9 nitrogen and oxygen atoms in total. The minimum absolute atomic E-state index is 0.0230. The molecule has 0 saturated heterocycles. The fraction of sp³-hybridized carbons (Fsp3) is 0.855. The Morgan fingerprint density at radius 2 is 0.772 bits per heavy atom. The van der Waals surface area contributed by atoms with Crippen molar-refractivity contribution < 1.29 is 37.3 Å². The summed E-state index contributed by atoms with van der Waals surface area (Å²) in [7, 11) is 1.19. The summed E-state index contributed by atoms with van der Waals surface area (Å²) in [5.41, 5.74) is 0. The van der Waals surface area contributed by atoms with E-state index in [1.807, 2.05) is 33.3 Å². The van der Waals surface area contributed by atoms with Gasteiger partial charge >= 0.3 is 5.97 Å². The topological polar surface area (TPSA) is 114 Å². The van der Waals surface area contributed by atoms with E-state index < -0.39 is 20.0 Å². The molecule has 79 heavy (non-hydrogen) atoms. The summed E-state index contributed by atoms with van der Waals surface area (Å²) in [6, 6.07) is -0.892. The Labute approximate surface area is 490 Å². The zero-order chi connectivity index (χ0) is 57.9. The van der Waals surface area contributed by atoms with Crippen molar-refractivity contribution in [1.29, 1.82) is 0 Å². The smallest absolute Gasteiger partial charge is 0.306 e. The molecule has 1 amide bonds.